The minimum absolute atomic E-state index is 0.0382. The van der Waals surface area contributed by atoms with Crippen LogP contribution in [0.25, 0.3) is 0 Å². The fourth-order valence-electron chi connectivity index (χ4n) is 1.18. The number of hydrogen-bond acceptors (Lipinski definition) is 3. The van der Waals surface area contributed by atoms with E-state index in [0.29, 0.717) is 0 Å². The van der Waals surface area contributed by atoms with Crippen molar-refractivity contribution in [3.63, 3.8) is 0 Å². The summed E-state index contributed by atoms with van der Waals surface area (Å²) >= 11 is 5.30. The number of aryl methyl sites for hydroxylation is 1. The minimum Gasteiger partial charge on any atom is -0.396 e. The molecule has 0 spiro atoms. The first-order valence-corrected chi connectivity index (χ1v) is 6.62. The first-order valence-electron chi connectivity index (χ1n) is 5.01. The van der Waals surface area contributed by atoms with Gasteiger partial charge in [-0.05, 0) is 28.9 Å². The standard InChI is InChI=1S/C11H18BrNOS/c1-8-10(12)4-9(15-8)5-13-6-11(2,3)7-14/h4,13-14H,5-7H2,1-3H3. The number of hydrogen-bond donors (Lipinski definition) is 2. The minimum atomic E-state index is -0.0382. The van der Waals surface area contributed by atoms with Gasteiger partial charge in [0.05, 0.1) is 0 Å². The van der Waals surface area contributed by atoms with Crippen LogP contribution in [0.2, 0.25) is 0 Å². The zero-order valence-electron chi connectivity index (χ0n) is 9.43. The molecule has 0 amide bonds. The maximum Gasteiger partial charge on any atom is 0.0494 e. The third-order valence-electron chi connectivity index (χ3n) is 2.24. The van der Waals surface area contributed by atoms with Gasteiger partial charge in [0.15, 0.2) is 0 Å². The van der Waals surface area contributed by atoms with Crippen LogP contribution < -0.4 is 5.32 Å². The van der Waals surface area contributed by atoms with Crippen molar-refractivity contribution >= 4 is 27.3 Å². The van der Waals surface area contributed by atoms with Gasteiger partial charge in [-0.1, -0.05) is 13.8 Å². The zero-order chi connectivity index (χ0) is 11.5. The molecule has 2 N–H and O–H groups in total. The summed E-state index contributed by atoms with van der Waals surface area (Å²) in [5.41, 5.74) is -0.0382. The second-order valence-corrected chi connectivity index (χ2v) is 6.74. The van der Waals surface area contributed by atoms with Gasteiger partial charge in [-0.15, -0.1) is 11.3 Å². The predicted molar refractivity (Wildman–Crippen MR) is 69.3 cm³/mol. The first kappa shape index (κ1) is 13.2. The van der Waals surface area contributed by atoms with Crippen LogP contribution in [-0.2, 0) is 6.54 Å². The highest BCUT2D eigenvalue weighted by molar-refractivity contribution is 9.10. The number of nitrogens with one attached hydrogen (secondary N) is 1. The zero-order valence-corrected chi connectivity index (χ0v) is 11.8. The number of rotatable bonds is 5. The molecular weight excluding hydrogens is 274 g/mol. The Hall–Kier alpha value is 0.100. The molecule has 1 aromatic heterocycles. The molecule has 1 rings (SSSR count). The van der Waals surface area contributed by atoms with Crippen molar-refractivity contribution in [2.24, 2.45) is 5.41 Å². The number of thiophene rings is 1. The number of halogens is 1. The molecule has 0 radical (unpaired) electrons. The summed E-state index contributed by atoms with van der Waals surface area (Å²) in [4.78, 5) is 2.64. The Morgan fingerprint density at radius 2 is 2.20 bits per heavy atom. The van der Waals surface area contributed by atoms with Crippen molar-refractivity contribution in [3.8, 4) is 0 Å². The molecule has 0 aliphatic carbocycles. The maximum atomic E-state index is 9.09. The molecule has 0 bridgehead atoms. The van der Waals surface area contributed by atoms with Gasteiger partial charge in [-0.2, -0.15) is 0 Å². The summed E-state index contributed by atoms with van der Waals surface area (Å²) in [6.07, 6.45) is 0. The summed E-state index contributed by atoms with van der Waals surface area (Å²) < 4.78 is 1.19. The van der Waals surface area contributed by atoms with Crippen molar-refractivity contribution in [1.29, 1.82) is 0 Å². The normalized spacial score (nSPS) is 12.1. The smallest absolute Gasteiger partial charge is 0.0494 e. The maximum absolute atomic E-state index is 9.09. The fourth-order valence-corrected chi connectivity index (χ4v) is 2.76. The third kappa shape index (κ3) is 4.23. The predicted octanol–water partition coefficient (Wildman–Crippen LogP) is 2.93. The van der Waals surface area contributed by atoms with E-state index < -0.39 is 0 Å². The Kier molecular flexibility index (Phi) is 4.77. The van der Waals surface area contributed by atoms with Crippen LogP contribution in [0, 0.1) is 12.3 Å². The van der Waals surface area contributed by atoms with E-state index in [0.717, 1.165) is 13.1 Å². The quantitative estimate of drug-likeness (QED) is 0.874. The van der Waals surface area contributed by atoms with Crippen molar-refractivity contribution < 1.29 is 5.11 Å². The highest BCUT2D eigenvalue weighted by Gasteiger charge is 2.15. The molecule has 0 fully saturated rings. The van der Waals surface area contributed by atoms with E-state index in [4.69, 9.17) is 5.11 Å². The third-order valence-corrected chi connectivity index (χ3v) is 4.38. The van der Waals surface area contributed by atoms with E-state index in [9.17, 15) is 0 Å². The summed E-state index contributed by atoms with van der Waals surface area (Å²) in [7, 11) is 0. The molecule has 2 nitrogen and oxygen atoms in total. The lowest BCUT2D eigenvalue weighted by Crippen LogP contribution is -2.31. The SMILES string of the molecule is Cc1sc(CNCC(C)(C)CO)cc1Br. The Labute approximate surface area is 104 Å². The highest BCUT2D eigenvalue weighted by atomic mass is 79.9. The van der Waals surface area contributed by atoms with Crippen LogP contribution >= 0.6 is 27.3 Å². The lowest BCUT2D eigenvalue weighted by Gasteiger charge is -2.21. The van der Waals surface area contributed by atoms with E-state index in [1.54, 1.807) is 11.3 Å². The lowest BCUT2D eigenvalue weighted by molar-refractivity contribution is 0.157. The van der Waals surface area contributed by atoms with Crippen LogP contribution in [0.3, 0.4) is 0 Å². The highest BCUT2D eigenvalue weighted by Crippen LogP contribution is 2.26. The van der Waals surface area contributed by atoms with E-state index in [1.807, 2.05) is 0 Å². The van der Waals surface area contributed by atoms with Gasteiger partial charge in [-0.25, -0.2) is 0 Å². The Morgan fingerprint density at radius 3 is 2.67 bits per heavy atom. The molecule has 0 atom stereocenters. The van der Waals surface area contributed by atoms with Crippen LogP contribution in [0.4, 0.5) is 0 Å². The lowest BCUT2D eigenvalue weighted by atomic mass is 9.95. The van der Waals surface area contributed by atoms with Crippen molar-refractivity contribution in [2.45, 2.75) is 27.3 Å². The molecule has 4 heteroatoms. The Morgan fingerprint density at radius 1 is 1.53 bits per heavy atom. The van der Waals surface area contributed by atoms with E-state index in [1.165, 1.54) is 14.2 Å². The number of aliphatic hydroxyl groups is 1. The van der Waals surface area contributed by atoms with Crippen LogP contribution in [0.1, 0.15) is 23.6 Å². The summed E-state index contributed by atoms with van der Waals surface area (Å²) in [5, 5.41) is 12.5. The molecule has 0 saturated carbocycles. The molecule has 1 aromatic rings. The van der Waals surface area contributed by atoms with Gasteiger partial charge in [0.25, 0.3) is 0 Å². The van der Waals surface area contributed by atoms with Crippen molar-refractivity contribution in [3.05, 3.63) is 20.3 Å². The molecule has 0 aliphatic rings. The summed E-state index contributed by atoms with van der Waals surface area (Å²) in [6, 6.07) is 2.15. The van der Waals surface area contributed by atoms with Gasteiger partial charge in [0, 0.05) is 39.3 Å². The monoisotopic (exact) mass is 291 g/mol. The topological polar surface area (TPSA) is 32.3 Å². The molecule has 15 heavy (non-hydrogen) atoms. The summed E-state index contributed by atoms with van der Waals surface area (Å²) in [5.74, 6) is 0. The van der Waals surface area contributed by atoms with Crippen molar-refractivity contribution in [2.75, 3.05) is 13.2 Å². The average Bonchev–Trinajstić information content (AvgIpc) is 2.46. The second-order valence-electron chi connectivity index (χ2n) is 4.54. The van der Waals surface area contributed by atoms with Gasteiger partial charge in [-0.3, -0.25) is 0 Å². The van der Waals surface area contributed by atoms with Gasteiger partial charge < -0.3 is 10.4 Å². The Bertz CT molecular complexity index is 303. The molecular formula is C11H18BrNOS. The van der Waals surface area contributed by atoms with Gasteiger partial charge >= 0.3 is 0 Å². The molecule has 0 aromatic carbocycles. The number of aliphatic hydroxyl groups excluding tert-OH is 1. The van der Waals surface area contributed by atoms with Crippen LogP contribution in [0.5, 0.6) is 0 Å². The fraction of sp³-hybridized carbons (Fsp3) is 0.636. The van der Waals surface area contributed by atoms with E-state index >= 15 is 0 Å². The van der Waals surface area contributed by atoms with Gasteiger partial charge in [0.1, 0.15) is 0 Å². The van der Waals surface area contributed by atoms with E-state index in [2.05, 4.69) is 48.1 Å². The molecule has 0 aliphatic heterocycles. The van der Waals surface area contributed by atoms with E-state index in [-0.39, 0.29) is 12.0 Å². The second kappa shape index (κ2) is 5.43. The summed E-state index contributed by atoms with van der Waals surface area (Å²) in [6.45, 7) is 8.13. The molecule has 86 valence electrons. The van der Waals surface area contributed by atoms with Crippen LogP contribution in [0.15, 0.2) is 10.5 Å². The average molecular weight is 292 g/mol. The van der Waals surface area contributed by atoms with Crippen molar-refractivity contribution in [1.82, 2.24) is 5.32 Å². The molecule has 0 unspecified atom stereocenters. The Balaban J connectivity index is 2.38. The molecule has 0 saturated heterocycles. The van der Waals surface area contributed by atoms with Crippen LogP contribution in [-0.4, -0.2) is 18.3 Å². The van der Waals surface area contributed by atoms with Gasteiger partial charge in [0.2, 0.25) is 0 Å². The molecule has 1 heterocycles. The first-order chi connectivity index (χ1) is 6.94. The largest absolute Gasteiger partial charge is 0.396 e.